The van der Waals surface area contributed by atoms with Crippen LogP contribution < -0.4 is 5.73 Å². The molecule has 1 aromatic carbocycles. The van der Waals surface area contributed by atoms with Gasteiger partial charge in [0.25, 0.3) is 6.43 Å². The molecule has 0 aliphatic heterocycles. The number of rotatable bonds is 1. The largest absolute Gasteiger partial charge is 0.398 e. The molecule has 0 radical (unpaired) electrons. The number of anilines is 1. The molecule has 0 bridgehead atoms. The molecule has 0 aliphatic carbocycles. The smallest absolute Gasteiger partial charge is 0.265 e. The molecule has 0 atom stereocenters. The Hall–Kier alpha value is -1.12. The van der Waals surface area contributed by atoms with E-state index in [0.717, 1.165) is 5.56 Å². The third-order valence-corrected chi connectivity index (χ3v) is 1.48. The molecule has 1 aromatic rings. The Bertz CT molecular complexity index is 258. The fraction of sp³-hybridized carbons (Fsp3) is 0.250. The lowest BCUT2D eigenvalue weighted by Crippen LogP contribution is -1.94. The number of hydrogen-bond acceptors (Lipinski definition) is 1. The van der Waals surface area contributed by atoms with Gasteiger partial charge >= 0.3 is 0 Å². The molecule has 0 aromatic heterocycles. The van der Waals surface area contributed by atoms with Gasteiger partial charge in [-0.25, -0.2) is 8.78 Å². The van der Waals surface area contributed by atoms with Crippen molar-refractivity contribution in [1.82, 2.24) is 0 Å². The highest BCUT2D eigenvalue weighted by Gasteiger charge is 2.09. The number of nitrogens with two attached hydrogens (primary N) is 1. The fourth-order valence-corrected chi connectivity index (χ4v) is 0.893. The molecule has 0 aliphatic rings. The van der Waals surface area contributed by atoms with E-state index in [0.29, 0.717) is 0 Å². The zero-order chi connectivity index (χ0) is 8.43. The minimum absolute atomic E-state index is 0.0874. The lowest BCUT2D eigenvalue weighted by atomic mass is 10.1. The summed E-state index contributed by atoms with van der Waals surface area (Å²) in [6, 6.07) is 4.52. The highest BCUT2D eigenvalue weighted by atomic mass is 19.3. The highest BCUT2D eigenvalue weighted by molar-refractivity contribution is 5.49. The first-order valence-electron chi connectivity index (χ1n) is 3.25. The van der Waals surface area contributed by atoms with Gasteiger partial charge in [-0.05, 0) is 18.6 Å². The van der Waals surface area contributed by atoms with Crippen LogP contribution >= 0.6 is 0 Å². The van der Waals surface area contributed by atoms with E-state index in [1.165, 1.54) is 6.07 Å². The van der Waals surface area contributed by atoms with Crippen molar-refractivity contribution in [1.29, 1.82) is 0 Å². The van der Waals surface area contributed by atoms with E-state index in [4.69, 9.17) is 5.73 Å². The summed E-state index contributed by atoms with van der Waals surface area (Å²) >= 11 is 0. The summed E-state index contributed by atoms with van der Waals surface area (Å²) in [5.41, 5.74) is 6.32. The maximum Gasteiger partial charge on any atom is 0.265 e. The van der Waals surface area contributed by atoms with Crippen molar-refractivity contribution in [3.05, 3.63) is 29.3 Å². The maximum atomic E-state index is 12.1. The van der Waals surface area contributed by atoms with Gasteiger partial charge in [-0.15, -0.1) is 0 Å². The summed E-state index contributed by atoms with van der Waals surface area (Å²) in [5, 5.41) is 0. The molecule has 0 fully saturated rings. The number of hydrogen-bond donors (Lipinski definition) is 1. The number of alkyl halides is 2. The van der Waals surface area contributed by atoms with E-state index >= 15 is 0 Å². The monoisotopic (exact) mass is 157 g/mol. The predicted octanol–water partition coefficient (Wildman–Crippen LogP) is 2.51. The fourth-order valence-electron chi connectivity index (χ4n) is 0.893. The van der Waals surface area contributed by atoms with Crippen LogP contribution in [0.5, 0.6) is 0 Å². The van der Waals surface area contributed by atoms with Crippen molar-refractivity contribution >= 4 is 5.69 Å². The molecule has 60 valence electrons. The Morgan fingerprint density at radius 3 is 2.45 bits per heavy atom. The molecule has 0 unspecified atom stereocenters. The number of nitrogen functional groups attached to an aromatic ring is 1. The lowest BCUT2D eigenvalue weighted by Gasteiger charge is -2.03. The zero-order valence-corrected chi connectivity index (χ0v) is 6.14. The quantitative estimate of drug-likeness (QED) is 0.623. The number of benzene rings is 1. The normalized spacial score (nSPS) is 10.5. The first-order chi connectivity index (χ1) is 5.11. The van der Waals surface area contributed by atoms with Crippen LogP contribution in [-0.4, -0.2) is 0 Å². The molecule has 0 heterocycles. The van der Waals surface area contributed by atoms with Crippen LogP contribution in [0, 0.1) is 6.92 Å². The van der Waals surface area contributed by atoms with Crippen molar-refractivity contribution < 1.29 is 8.78 Å². The topological polar surface area (TPSA) is 26.0 Å². The summed E-state index contributed by atoms with van der Waals surface area (Å²) in [4.78, 5) is 0. The average Bonchev–Trinajstić information content (AvgIpc) is 1.85. The Morgan fingerprint density at radius 2 is 2.00 bits per heavy atom. The van der Waals surface area contributed by atoms with Crippen LogP contribution in [0.1, 0.15) is 17.6 Å². The van der Waals surface area contributed by atoms with Gasteiger partial charge in [0.2, 0.25) is 0 Å². The van der Waals surface area contributed by atoms with E-state index < -0.39 is 6.43 Å². The Kier molecular flexibility index (Phi) is 2.08. The predicted molar refractivity (Wildman–Crippen MR) is 40.5 cm³/mol. The average molecular weight is 157 g/mol. The highest BCUT2D eigenvalue weighted by Crippen LogP contribution is 2.25. The molecule has 0 spiro atoms. The minimum atomic E-state index is -2.48. The summed E-state index contributed by atoms with van der Waals surface area (Å²) in [5.74, 6) is 0. The van der Waals surface area contributed by atoms with Crippen LogP contribution in [0.4, 0.5) is 14.5 Å². The van der Waals surface area contributed by atoms with Crippen LogP contribution in [0.25, 0.3) is 0 Å². The third-order valence-electron chi connectivity index (χ3n) is 1.48. The lowest BCUT2D eigenvalue weighted by molar-refractivity contribution is 0.152. The van der Waals surface area contributed by atoms with Crippen molar-refractivity contribution in [2.24, 2.45) is 0 Å². The SMILES string of the molecule is Cc1ccc(C(F)F)c(N)c1. The van der Waals surface area contributed by atoms with E-state index in [9.17, 15) is 8.78 Å². The number of aryl methyl sites for hydroxylation is 1. The second-order valence-corrected chi connectivity index (χ2v) is 2.43. The van der Waals surface area contributed by atoms with Crippen molar-refractivity contribution in [2.75, 3.05) is 5.73 Å². The molecule has 0 saturated heterocycles. The standard InChI is InChI=1S/C8H9F2N/c1-5-2-3-6(8(9)10)7(11)4-5/h2-4,8H,11H2,1H3. The number of halogens is 2. The van der Waals surface area contributed by atoms with Gasteiger partial charge in [-0.1, -0.05) is 12.1 Å². The Labute approximate surface area is 63.8 Å². The molecule has 0 saturated carbocycles. The zero-order valence-electron chi connectivity index (χ0n) is 6.14. The van der Waals surface area contributed by atoms with E-state index in [1.807, 2.05) is 6.92 Å². The van der Waals surface area contributed by atoms with Gasteiger partial charge in [0.1, 0.15) is 0 Å². The molecule has 1 rings (SSSR count). The van der Waals surface area contributed by atoms with Gasteiger partial charge in [0, 0.05) is 11.3 Å². The minimum Gasteiger partial charge on any atom is -0.398 e. The van der Waals surface area contributed by atoms with Gasteiger partial charge < -0.3 is 5.73 Å². The van der Waals surface area contributed by atoms with E-state index in [1.54, 1.807) is 12.1 Å². The first-order valence-corrected chi connectivity index (χ1v) is 3.25. The molecular formula is C8H9F2N. The maximum absolute atomic E-state index is 12.1. The van der Waals surface area contributed by atoms with Crippen molar-refractivity contribution in [3.8, 4) is 0 Å². The van der Waals surface area contributed by atoms with Crippen LogP contribution in [0.3, 0.4) is 0 Å². The van der Waals surface area contributed by atoms with Gasteiger partial charge in [0.05, 0.1) is 0 Å². The second-order valence-electron chi connectivity index (χ2n) is 2.43. The summed E-state index contributed by atoms with van der Waals surface area (Å²) in [6.07, 6.45) is -2.48. The van der Waals surface area contributed by atoms with Crippen LogP contribution in [0.15, 0.2) is 18.2 Å². The molecular weight excluding hydrogens is 148 g/mol. The van der Waals surface area contributed by atoms with Gasteiger partial charge in [0.15, 0.2) is 0 Å². The summed E-state index contributed by atoms with van der Waals surface area (Å²) in [6.45, 7) is 1.81. The summed E-state index contributed by atoms with van der Waals surface area (Å²) in [7, 11) is 0. The van der Waals surface area contributed by atoms with Gasteiger partial charge in [-0.3, -0.25) is 0 Å². The van der Waals surface area contributed by atoms with Crippen LogP contribution in [0.2, 0.25) is 0 Å². The van der Waals surface area contributed by atoms with Crippen molar-refractivity contribution in [3.63, 3.8) is 0 Å². The van der Waals surface area contributed by atoms with Crippen LogP contribution in [-0.2, 0) is 0 Å². The molecule has 11 heavy (non-hydrogen) atoms. The van der Waals surface area contributed by atoms with Crippen molar-refractivity contribution in [2.45, 2.75) is 13.3 Å². The molecule has 1 nitrogen and oxygen atoms in total. The van der Waals surface area contributed by atoms with E-state index in [2.05, 4.69) is 0 Å². The molecule has 0 amide bonds. The summed E-state index contributed by atoms with van der Waals surface area (Å²) < 4.78 is 24.2. The van der Waals surface area contributed by atoms with Gasteiger partial charge in [-0.2, -0.15) is 0 Å². The third kappa shape index (κ3) is 1.67. The molecule has 2 N–H and O–H groups in total. The second kappa shape index (κ2) is 2.86. The molecule has 3 heteroatoms. The first kappa shape index (κ1) is 7.98. The van der Waals surface area contributed by atoms with E-state index in [-0.39, 0.29) is 11.3 Å². The Balaban J connectivity index is 3.09. The Morgan fingerprint density at radius 1 is 1.36 bits per heavy atom.